The molecule has 0 spiro atoms. The zero-order chi connectivity index (χ0) is 21.5. The highest BCUT2D eigenvalue weighted by Crippen LogP contribution is 2.21. The third-order valence-corrected chi connectivity index (χ3v) is 5.83. The first kappa shape index (κ1) is 21.7. The van der Waals surface area contributed by atoms with Crippen LogP contribution in [0.2, 0.25) is 10.0 Å². The summed E-state index contributed by atoms with van der Waals surface area (Å²) in [6.07, 6.45) is 0. The number of rotatable bonds is 7. The van der Waals surface area contributed by atoms with Gasteiger partial charge in [-0.1, -0.05) is 76.9 Å². The van der Waals surface area contributed by atoms with Gasteiger partial charge in [-0.15, -0.1) is 0 Å². The molecule has 0 bridgehead atoms. The average molecular weight is 454 g/mol. The minimum absolute atomic E-state index is 0.413. The number of benzene rings is 3. The lowest BCUT2D eigenvalue weighted by Crippen LogP contribution is -2.48. The van der Waals surface area contributed by atoms with Crippen molar-refractivity contribution < 1.29 is 4.84 Å². The van der Waals surface area contributed by atoms with Gasteiger partial charge in [-0.05, 0) is 35.9 Å². The van der Waals surface area contributed by atoms with Gasteiger partial charge in [0.15, 0.2) is 0 Å². The maximum Gasteiger partial charge on any atom is 0.142 e. The van der Waals surface area contributed by atoms with Crippen LogP contribution in [0.4, 0.5) is 5.69 Å². The van der Waals surface area contributed by atoms with Crippen LogP contribution in [0, 0.1) is 0 Å². The molecule has 1 aliphatic rings. The van der Waals surface area contributed by atoms with Gasteiger partial charge < -0.3 is 9.74 Å². The molecule has 160 valence electrons. The summed E-state index contributed by atoms with van der Waals surface area (Å²) in [5.41, 5.74) is 4.23. The number of anilines is 1. The predicted molar refractivity (Wildman–Crippen MR) is 129 cm³/mol. The van der Waals surface area contributed by atoms with Crippen molar-refractivity contribution in [3.05, 3.63) is 100 Å². The van der Waals surface area contributed by atoms with Crippen LogP contribution >= 0.6 is 23.2 Å². The normalized spacial score (nSPS) is 15.2. The molecule has 1 saturated heterocycles. The topological polar surface area (TPSA) is 28.1 Å². The maximum atomic E-state index is 6.16. The van der Waals surface area contributed by atoms with Gasteiger partial charge in [0.2, 0.25) is 0 Å². The van der Waals surface area contributed by atoms with Gasteiger partial charge in [-0.3, -0.25) is 4.90 Å². The molecule has 3 aromatic rings. The van der Waals surface area contributed by atoms with Gasteiger partial charge in [0.1, 0.15) is 12.3 Å². The summed E-state index contributed by atoms with van der Waals surface area (Å²) in [5, 5.41) is 6.00. The van der Waals surface area contributed by atoms with Crippen molar-refractivity contribution in [2.24, 2.45) is 5.16 Å². The van der Waals surface area contributed by atoms with E-state index in [0.29, 0.717) is 11.6 Å². The summed E-state index contributed by atoms with van der Waals surface area (Å²) >= 11 is 12.1. The van der Waals surface area contributed by atoms with E-state index in [1.165, 1.54) is 5.69 Å². The molecule has 0 N–H and O–H groups in total. The third kappa shape index (κ3) is 6.23. The lowest BCUT2D eigenvalue weighted by molar-refractivity contribution is 0.129. The van der Waals surface area contributed by atoms with Gasteiger partial charge in [-0.2, -0.15) is 0 Å². The van der Waals surface area contributed by atoms with Crippen LogP contribution in [0.3, 0.4) is 0 Å². The molecular weight excluding hydrogens is 429 g/mol. The number of hydrogen-bond acceptors (Lipinski definition) is 4. The van der Waals surface area contributed by atoms with Crippen LogP contribution in [0.15, 0.2) is 84.0 Å². The second kappa shape index (κ2) is 10.7. The molecule has 1 aliphatic heterocycles. The Kier molecular flexibility index (Phi) is 7.47. The van der Waals surface area contributed by atoms with Crippen molar-refractivity contribution >= 4 is 34.6 Å². The monoisotopic (exact) mass is 453 g/mol. The summed E-state index contributed by atoms with van der Waals surface area (Å²) in [4.78, 5) is 10.5. The zero-order valence-electron chi connectivity index (χ0n) is 17.3. The number of hydrogen-bond donors (Lipinski definition) is 0. The van der Waals surface area contributed by atoms with Crippen LogP contribution in [-0.2, 0) is 11.4 Å². The molecule has 0 aromatic heterocycles. The largest absolute Gasteiger partial charge is 0.391 e. The van der Waals surface area contributed by atoms with Crippen molar-refractivity contribution in [1.29, 1.82) is 0 Å². The zero-order valence-corrected chi connectivity index (χ0v) is 18.8. The van der Waals surface area contributed by atoms with E-state index in [2.05, 4.69) is 33.2 Å². The average Bonchev–Trinajstić information content (AvgIpc) is 2.81. The summed E-state index contributed by atoms with van der Waals surface area (Å²) < 4.78 is 0. The van der Waals surface area contributed by atoms with E-state index in [-0.39, 0.29) is 0 Å². The summed E-state index contributed by atoms with van der Waals surface area (Å²) in [5.74, 6) is 0. The Hall–Kier alpha value is -2.53. The molecule has 1 heterocycles. The van der Waals surface area contributed by atoms with E-state index in [4.69, 9.17) is 28.0 Å². The Morgan fingerprint density at radius 2 is 1.55 bits per heavy atom. The van der Waals surface area contributed by atoms with Crippen molar-refractivity contribution in [2.45, 2.75) is 6.61 Å². The molecule has 4 rings (SSSR count). The highest BCUT2D eigenvalue weighted by Gasteiger charge is 2.19. The quantitative estimate of drug-likeness (QED) is 0.337. The Bertz CT molecular complexity index is 1000. The molecule has 6 heteroatoms. The van der Waals surface area contributed by atoms with Crippen LogP contribution in [0.1, 0.15) is 11.1 Å². The van der Waals surface area contributed by atoms with E-state index < -0.39 is 0 Å². The highest BCUT2D eigenvalue weighted by atomic mass is 35.5. The van der Waals surface area contributed by atoms with Gasteiger partial charge >= 0.3 is 0 Å². The molecule has 31 heavy (non-hydrogen) atoms. The van der Waals surface area contributed by atoms with Crippen LogP contribution in [0.25, 0.3) is 0 Å². The molecule has 4 nitrogen and oxygen atoms in total. The SMILES string of the molecule is Clc1ccc(CON=C(CN2CCN(c3cccc(Cl)c3)CC2)c2ccccc2)cc1. The predicted octanol–water partition coefficient (Wildman–Crippen LogP) is 5.74. The molecule has 3 aromatic carbocycles. The first-order chi connectivity index (χ1) is 15.2. The second-order valence-corrected chi connectivity index (χ2v) is 8.42. The van der Waals surface area contributed by atoms with Gasteiger partial charge in [0.25, 0.3) is 0 Å². The van der Waals surface area contributed by atoms with E-state index in [9.17, 15) is 0 Å². The van der Waals surface area contributed by atoms with E-state index in [1.807, 2.05) is 60.7 Å². The second-order valence-electron chi connectivity index (χ2n) is 7.55. The minimum atomic E-state index is 0.413. The number of nitrogens with zero attached hydrogens (tertiary/aromatic N) is 3. The van der Waals surface area contributed by atoms with Gasteiger partial charge in [0.05, 0.1) is 0 Å². The maximum absolute atomic E-state index is 6.16. The van der Waals surface area contributed by atoms with Crippen LogP contribution in [0.5, 0.6) is 0 Å². The molecule has 0 amide bonds. The minimum Gasteiger partial charge on any atom is -0.391 e. The van der Waals surface area contributed by atoms with Crippen LogP contribution < -0.4 is 4.90 Å². The van der Waals surface area contributed by atoms with Gasteiger partial charge in [0, 0.05) is 54.0 Å². The summed E-state index contributed by atoms with van der Waals surface area (Å²) in [6, 6.07) is 25.9. The van der Waals surface area contributed by atoms with Crippen LogP contribution in [-0.4, -0.2) is 43.3 Å². The Balaban J connectivity index is 1.39. The van der Waals surface area contributed by atoms with Crippen molar-refractivity contribution in [3.8, 4) is 0 Å². The summed E-state index contributed by atoms with van der Waals surface area (Å²) in [7, 11) is 0. The first-order valence-electron chi connectivity index (χ1n) is 10.4. The molecule has 0 saturated carbocycles. The van der Waals surface area contributed by atoms with E-state index in [1.54, 1.807) is 0 Å². The van der Waals surface area contributed by atoms with E-state index in [0.717, 1.165) is 54.6 Å². The Morgan fingerprint density at radius 3 is 2.26 bits per heavy atom. The lowest BCUT2D eigenvalue weighted by atomic mass is 10.1. The Labute approximate surface area is 193 Å². The Morgan fingerprint density at radius 1 is 0.806 bits per heavy atom. The fourth-order valence-corrected chi connectivity index (χ4v) is 3.93. The molecule has 0 atom stereocenters. The number of piperazine rings is 1. The highest BCUT2D eigenvalue weighted by molar-refractivity contribution is 6.31. The molecular formula is C25H25Cl2N3O. The molecule has 0 unspecified atom stereocenters. The summed E-state index contributed by atoms with van der Waals surface area (Å²) in [6.45, 7) is 4.97. The number of halogens is 2. The number of oxime groups is 1. The molecule has 0 aliphatic carbocycles. The van der Waals surface area contributed by atoms with Crippen molar-refractivity contribution in [1.82, 2.24) is 4.90 Å². The molecule has 0 radical (unpaired) electrons. The molecule has 1 fully saturated rings. The fraction of sp³-hybridized carbons (Fsp3) is 0.240. The fourth-order valence-electron chi connectivity index (χ4n) is 3.62. The lowest BCUT2D eigenvalue weighted by Gasteiger charge is -2.36. The first-order valence-corrected chi connectivity index (χ1v) is 11.1. The third-order valence-electron chi connectivity index (χ3n) is 5.35. The standard InChI is InChI=1S/C25H25Cl2N3O/c26-22-11-9-20(10-12-22)19-31-28-25(21-5-2-1-3-6-21)18-29-13-15-30(16-14-29)24-8-4-7-23(27)17-24/h1-12,17H,13-16,18-19H2. The van der Waals surface area contributed by atoms with E-state index >= 15 is 0 Å². The van der Waals surface area contributed by atoms with Crippen molar-refractivity contribution in [3.63, 3.8) is 0 Å². The van der Waals surface area contributed by atoms with Gasteiger partial charge in [-0.25, -0.2) is 0 Å². The van der Waals surface area contributed by atoms with Crippen molar-refractivity contribution in [2.75, 3.05) is 37.6 Å². The smallest absolute Gasteiger partial charge is 0.142 e.